The monoisotopic (exact) mass is 334 g/mol. The van der Waals surface area contributed by atoms with Gasteiger partial charge in [0, 0.05) is 37.4 Å². The number of aromatic nitrogens is 2. The van der Waals surface area contributed by atoms with Crippen molar-refractivity contribution in [3.63, 3.8) is 0 Å². The number of hydrogen-bond acceptors (Lipinski definition) is 5. The standard InChI is InChI=1S/C15H18N4O3S/c1-12(20)13-2-4-14(5-3-13)18-6-8-19(9-7-18)23(21,22)15-10-16-11-17-15/h2-5,10-11H,6-9H2,1H3,(H,16,17). The van der Waals surface area contributed by atoms with Crippen LogP contribution in [-0.2, 0) is 10.0 Å². The van der Waals surface area contributed by atoms with Gasteiger partial charge in [-0.2, -0.15) is 4.31 Å². The second-order valence-electron chi connectivity index (χ2n) is 5.41. The molecule has 7 nitrogen and oxygen atoms in total. The van der Waals surface area contributed by atoms with Crippen molar-refractivity contribution in [2.45, 2.75) is 11.9 Å². The Hall–Kier alpha value is -2.19. The minimum absolute atomic E-state index is 0.0343. The van der Waals surface area contributed by atoms with Crippen molar-refractivity contribution >= 4 is 21.5 Å². The number of aromatic amines is 1. The number of piperazine rings is 1. The van der Waals surface area contributed by atoms with Crippen LogP contribution in [0.3, 0.4) is 0 Å². The first kappa shape index (κ1) is 15.7. The number of carbonyl (C=O) groups excluding carboxylic acids is 1. The molecule has 0 aliphatic carbocycles. The number of imidazole rings is 1. The van der Waals surface area contributed by atoms with Gasteiger partial charge in [0.25, 0.3) is 10.0 Å². The fraction of sp³-hybridized carbons (Fsp3) is 0.333. The van der Waals surface area contributed by atoms with E-state index in [4.69, 9.17) is 0 Å². The zero-order chi connectivity index (χ0) is 16.4. The summed E-state index contributed by atoms with van der Waals surface area (Å²) in [6.45, 7) is 3.57. The lowest BCUT2D eigenvalue weighted by Crippen LogP contribution is -2.48. The minimum Gasteiger partial charge on any atom is -0.369 e. The molecule has 122 valence electrons. The summed E-state index contributed by atoms with van der Waals surface area (Å²) >= 11 is 0. The molecule has 0 atom stereocenters. The van der Waals surface area contributed by atoms with Crippen LogP contribution in [-0.4, -0.2) is 54.7 Å². The summed E-state index contributed by atoms with van der Waals surface area (Å²) < 4.78 is 26.3. The predicted molar refractivity (Wildman–Crippen MR) is 86.0 cm³/mol. The SMILES string of the molecule is CC(=O)c1ccc(N2CCN(S(=O)(=O)c3cnc[nH]3)CC2)cc1. The van der Waals surface area contributed by atoms with E-state index < -0.39 is 10.0 Å². The van der Waals surface area contributed by atoms with Gasteiger partial charge in [0.2, 0.25) is 0 Å². The van der Waals surface area contributed by atoms with Gasteiger partial charge in [-0.3, -0.25) is 4.79 Å². The molecule has 2 aromatic rings. The van der Waals surface area contributed by atoms with Gasteiger partial charge >= 0.3 is 0 Å². The molecule has 0 spiro atoms. The zero-order valence-electron chi connectivity index (χ0n) is 12.8. The fourth-order valence-corrected chi connectivity index (χ4v) is 3.93. The van der Waals surface area contributed by atoms with Gasteiger partial charge in [-0.15, -0.1) is 0 Å². The second kappa shape index (κ2) is 6.13. The first-order chi connectivity index (χ1) is 11.0. The van der Waals surface area contributed by atoms with Crippen LogP contribution in [0.1, 0.15) is 17.3 Å². The van der Waals surface area contributed by atoms with E-state index in [-0.39, 0.29) is 10.8 Å². The van der Waals surface area contributed by atoms with Crippen LogP contribution in [0.2, 0.25) is 0 Å². The van der Waals surface area contributed by atoms with Crippen molar-refractivity contribution in [1.29, 1.82) is 0 Å². The van der Waals surface area contributed by atoms with Crippen LogP contribution in [0.4, 0.5) is 5.69 Å². The summed E-state index contributed by atoms with van der Waals surface area (Å²) in [6, 6.07) is 7.39. The molecule has 23 heavy (non-hydrogen) atoms. The van der Waals surface area contributed by atoms with E-state index in [9.17, 15) is 13.2 Å². The molecule has 0 saturated carbocycles. The Kier molecular flexibility index (Phi) is 4.18. The number of hydrogen-bond donors (Lipinski definition) is 1. The number of rotatable bonds is 4. The maximum Gasteiger partial charge on any atom is 0.260 e. The molecule has 1 N–H and O–H groups in total. The molecule has 0 radical (unpaired) electrons. The van der Waals surface area contributed by atoms with Crippen molar-refractivity contribution < 1.29 is 13.2 Å². The highest BCUT2D eigenvalue weighted by Crippen LogP contribution is 2.20. The van der Waals surface area contributed by atoms with Crippen LogP contribution in [0.15, 0.2) is 41.8 Å². The van der Waals surface area contributed by atoms with Crippen LogP contribution >= 0.6 is 0 Å². The van der Waals surface area contributed by atoms with Gasteiger partial charge in [-0.1, -0.05) is 0 Å². The molecule has 1 saturated heterocycles. The van der Waals surface area contributed by atoms with Gasteiger partial charge in [0.15, 0.2) is 10.8 Å². The minimum atomic E-state index is -3.50. The van der Waals surface area contributed by atoms with E-state index in [1.54, 1.807) is 12.1 Å². The predicted octanol–water partition coefficient (Wildman–Crippen LogP) is 1.12. The highest BCUT2D eigenvalue weighted by molar-refractivity contribution is 7.89. The largest absolute Gasteiger partial charge is 0.369 e. The van der Waals surface area contributed by atoms with Gasteiger partial charge in [0.1, 0.15) is 0 Å². The van der Waals surface area contributed by atoms with E-state index in [0.717, 1.165) is 5.69 Å². The third-order valence-corrected chi connectivity index (χ3v) is 5.79. The van der Waals surface area contributed by atoms with Crippen molar-refractivity contribution in [1.82, 2.24) is 14.3 Å². The third-order valence-electron chi connectivity index (χ3n) is 3.97. The van der Waals surface area contributed by atoms with Crippen molar-refractivity contribution in [3.05, 3.63) is 42.4 Å². The smallest absolute Gasteiger partial charge is 0.260 e. The number of nitrogens with one attached hydrogen (secondary N) is 1. The van der Waals surface area contributed by atoms with Crippen molar-refractivity contribution in [2.24, 2.45) is 0 Å². The maximum atomic E-state index is 12.4. The Bertz CT molecular complexity index is 777. The van der Waals surface area contributed by atoms with Crippen LogP contribution in [0.5, 0.6) is 0 Å². The molecule has 2 heterocycles. The number of benzene rings is 1. The Morgan fingerprint density at radius 3 is 2.30 bits per heavy atom. The number of sulfonamides is 1. The number of H-pyrrole nitrogens is 1. The van der Waals surface area contributed by atoms with E-state index in [2.05, 4.69) is 14.9 Å². The summed E-state index contributed by atoms with van der Waals surface area (Å²) in [5.41, 5.74) is 1.67. The summed E-state index contributed by atoms with van der Waals surface area (Å²) in [6.07, 6.45) is 2.68. The molecule has 1 aromatic heterocycles. The Labute approximate surface area is 135 Å². The summed E-state index contributed by atoms with van der Waals surface area (Å²) in [7, 11) is -3.50. The van der Waals surface area contributed by atoms with Gasteiger partial charge in [-0.25, -0.2) is 13.4 Å². The zero-order valence-corrected chi connectivity index (χ0v) is 13.6. The Morgan fingerprint density at radius 2 is 1.78 bits per heavy atom. The number of Topliss-reactive ketones (excluding diaryl/α,β-unsaturated/α-hetero) is 1. The molecule has 1 aliphatic rings. The van der Waals surface area contributed by atoms with Gasteiger partial charge in [0.05, 0.1) is 12.5 Å². The molecule has 0 bridgehead atoms. The van der Waals surface area contributed by atoms with Gasteiger partial charge in [-0.05, 0) is 31.2 Å². The van der Waals surface area contributed by atoms with Crippen LogP contribution in [0, 0.1) is 0 Å². The van der Waals surface area contributed by atoms with Crippen LogP contribution in [0.25, 0.3) is 0 Å². The average molecular weight is 334 g/mol. The summed E-state index contributed by atoms with van der Waals surface area (Å²) in [5, 5.41) is 0.122. The van der Waals surface area contributed by atoms with E-state index in [1.807, 2.05) is 12.1 Å². The van der Waals surface area contributed by atoms with Crippen molar-refractivity contribution in [3.8, 4) is 0 Å². The lowest BCUT2D eigenvalue weighted by Gasteiger charge is -2.35. The van der Waals surface area contributed by atoms with Gasteiger partial charge < -0.3 is 9.88 Å². The Balaban J connectivity index is 1.68. The normalized spacial score (nSPS) is 16.5. The molecule has 3 rings (SSSR count). The van der Waals surface area contributed by atoms with E-state index >= 15 is 0 Å². The van der Waals surface area contributed by atoms with Crippen molar-refractivity contribution in [2.75, 3.05) is 31.1 Å². The molecule has 1 aliphatic heterocycles. The number of carbonyl (C=O) groups is 1. The molecule has 1 fully saturated rings. The van der Waals surface area contributed by atoms with E-state index in [0.29, 0.717) is 31.7 Å². The van der Waals surface area contributed by atoms with Crippen LogP contribution < -0.4 is 4.90 Å². The quantitative estimate of drug-likeness (QED) is 0.847. The summed E-state index contributed by atoms with van der Waals surface area (Å²) in [4.78, 5) is 19.8. The molecule has 0 unspecified atom stereocenters. The lowest BCUT2D eigenvalue weighted by molar-refractivity contribution is 0.101. The molecule has 8 heteroatoms. The highest BCUT2D eigenvalue weighted by Gasteiger charge is 2.29. The number of anilines is 1. The highest BCUT2D eigenvalue weighted by atomic mass is 32.2. The lowest BCUT2D eigenvalue weighted by atomic mass is 10.1. The maximum absolute atomic E-state index is 12.4. The third kappa shape index (κ3) is 3.13. The molecule has 1 aromatic carbocycles. The fourth-order valence-electron chi connectivity index (χ4n) is 2.62. The average Bonchev–Trinajstić information content (AvgIpc) is 3.10. The molecular weight excluding hydrogens is 316 g/mol. The first-order valence-corrected chi connectivity index (χ1v) is 8.77. The van der Waals surface area contributed by atoms with E-state index in [1.165, 1.54) is 23.8 Å². The Morgan fingerprint density at radius 1 is 1.13 bits per heavy atom. The number of ketones is 1. The second-order valence-corrected chi connectivity index (χ2v) is 7.32. The molecular formula is C15H18N4O3S. The summed E-state index contributed by atoms with van der Waals surface area (Å²) in [5.74, 6) is 0.0343. The first-order valence-electron chi connectivity index (χ1n) is 7.33. The number of nitrogens with zero attached hydrogens (tertiary/aromatic N) is 3. The molecule has 0 amide bonds. The topological polar surface area (TPSA) is 86.4 Å².